The van der Waals surface area contributed by atoms with E-state index in [1.54, 1.807) is 0 Å². The van der Waals surface area contributed by atoms with E-state index >= 15 is 0 Å². The van der Waals surface area contributed by atoms with E-state index in [1.807, 2.05) is 0 Å². The summed E-state index contributed by atoms with van der Waals surface area (Å²) in [6.45, 7) is 5.51. The average molecular weight is 265 g/mol. The molecule has 1 aromatic carbocycles. The van der Waals surface area contributed by atoms with Crippen LogP contribution in [0.1, 0.15) is 31.4 Å². The van der Waals surface area contributed by atoms with Crippen molar-refractivity contribution in [2.75, 3.05) is 7.05 Å². The zero-order valence-corrected chi connectivity index (χ0v) is 12.7. The van der Waals surface area contributed by atoms with Gasteiger partial charge in [-0.3, -0.25) is 0 Å². The Kier molecular flexibility index (Phi) is 3.29. The lowest BCUT2D eigenvalue weighted by molar-refractivity contribution is 0.413. The molecule has 20 heavy (non-hydrogen) atoms. The SMILES string of the molecule is CN1Cc2ccccc2CCC2=C1C=CC(C)(C)C=C2. The van der Waals surface area contributed by atoms with Crippen molar-refractivity contribution in [3.63, 3.8) is 0 Å². The third kappa shape index (κ3) is 2.58. The zero-order valence-electron chi connectivity index (χ0n) is 12.7. The second-order valence-corrected chi connectivity index (χ2v) is 6.52. The van der Waals surface area contributed by atoms with Gasteiger partial charge in [-0.1, -0.05) is 56.3 Å². The first-order chi connectivity index (χ1) is 9.55. The summed E-state index contributed by atoms with van der Waals surface area (Å²) in [6, 6.07) is 8.84. The van der Waals surface area contributed by atoms with E-state index in [0.29, 0.717) is 0 Å². The quantitative estimate of drug-likeness (QED) is 0.669. The van der Waals surface area contributed by atoms with Crippen LogP contribution >= 0.6 is 0 Å². The van der Waals surface area contributed by atoms with Gasteiger partial charge in [-0.05, 0) is 35.6 Å². The molecular formula is C19H23N. The predicted octanol–water partition coefficient (Wildman–Crippen LogP) is 4.47. The summed E-state index contributed by atoms with van der Waals surface area (Å²) < 4.78 is 0. The van der Waals surface area contributed by atoms with E-state index in [9.17, 15) is 0 Å². The van der Waals surface area contributed by atoms with Gasteiger partial charge in [-0.25, -0.2) is 0 Å². The predicted molar refractivity (Wildman–Crippen MR) is 85.3 cm³/mol. The van der Waals surface area contributed by atoms with Crippen molar-refractivity contribution in [2.24, 2.45) is 5.41 Å². The fraction of sp³-hybridized carbons (Fsp3) is 0.368. The molecule has 0 radical (unpaired) electrons. The summed E-state index contributed by atoms with van der Waals surface area (Å²) in [6.07, 6.45) is 11.5. The average Bonchev–Trinajstić information content (AvgIpc) is 2.54. The molecular weight excluding hydrogens is 242 g/mol. The number of hydrogen-bond donors (Lipinski definition) is 0. The molecule has 0 fully saturated rings. The maximum Gasteiger partial charge on any atom is 0.0429 e. The highest BCUT2D eigenvalue weighted by molar-refractivity contribution is 5.40. The molecule has 2 aliphatic rings. The molecule has 0 N–H and O–H groups in total. The van der Waals surface area contributed by atoms with Gasteiger partial charge in [0, 0.05) is 24.7 Å². The molecule has 0 saturated carbocycles. The van der Waals surface area contributed by atoms with Crippen LogP contribution in [0.2, 0.25) is 0 Å². The van der Waals surface area contributed by atoms with Gasteiger partial charge in [0.25, 0.3) is 0 Å². The normalized spacial score (nSPS) is 20.9. The molecule has 0 saturated heterocycles. The molecule has 1 heteroatoms. The summed E-state index contributed by atoms with van der Waals surface area (Å²) >= 11 is 0. The Labute approximate surface area is 122 Å². The first kappa shape index (κ1) is 13.2. The van der Waals surface area contributed by atoms with Crippen LogP contribution in [0.15, 0.2) is 59.8 Å². The molecule has 0 amide bonds. The number of nitrogens with zero attached hydrogens (tertiary/aromatic N) is 1. The molecule has 0 atom stereocenters. The van der Waals surface area contributed by atoms with Crippen molar-refractivity contribution in [1.29, 1.82) is 0 Å². The van der Waals surface area contributed by atoms with Crippen LogP contribution in [0.25, 0.3) is 0 Å². The monoisotopic (exact) mass is 265 g/mol. The van der Waals surface area contributed by atoms with Gasteiger partial charge in [0.05, 0.1) is 0 Å². The van der Waals surface area contributed by atoms with Crippen molar-refractivity contribution in [2.45, 2.75) is 33.2 Å². The number of aryl methyl sites for hydroxylation is 1. The Morgan fingerprint density at radius 2 is 1.65 bits per heavy atom. The lowest BCUT2D eigenvalue weighted by Gasteiger charge is -2.27. The minimum Gasteiger partial charge on any atom is -0.370 e. The van der Waals surface area contributed by atoms with Crippen LogP contribution < -0.4 is 0 Å². The molecule has 1 aliphatic heterocycles. The largest absolute Gasteiger partial charge is 0.370 e. The molecule has 1 heterocycles. The second-order valence-electron chi connectivity index (χ2n) is 6.52. The first-order valence-electron chi connectivity index (χ1n) is 7.45. The fourth-order valence-electron chi connectivity index (χ4n) is 3.01. The molecule has 0 aromatic heterocycles. The van der Waals surface area contributed by atoms with Crippen LogP contribution in [-0.2, 0) is 13.0 Å². The summed E-state index contributed by atoms with van der Waals surface area (Å²) in [5.74, 6) is 0. The van der Waals surface area contributed by atoms with E-state index in [0.717, 1.165) is 19.4 Å². The van der Waals surface area contributed by atoms with Gasteiger partial charge in [0.1, 0.15) is 0 Å². The smallest absolute Gasteiger partial charge is 0.0429 e. The molecule has 1 aliphatic carbocycles. The van der Waals surface area contributed by atoms with Gasteiger partial charge in [-0.15, -0.1) is 0 Å². The Morgan fingerprint density at radius 1 is 0.950 bits per heavy atom. The topological polar surface area (TPSA) is 3.24 Å². The first-order valence-corrected chi connectivity index (χ1v) is 7.45. The van der Waals surface area contributed by atoms with Gasteiger partial charge < -0.3 is 4.90 Å². The molecule has 104 valence electrons. The highest BCUT2D eigenvalue weighted by atomic mass is 15.1. The number of hydrogen-bond acceptors (Lipinski definition) is 1. The molecule has 0 unspecified atom stereocenters. The summed E-state index contributed by atoms with van der Waals surface area (Å²) in [5, 5.41) is 0. The van der Waals surface area contributed by atoms with E-state index < -0.39 is 0 Å². The van der Waals surface area contributed by atoms with E-state index in [4.69, 9.17) is 0 Å². The third-order valence-electron chi connectivity index (χ3n) is 4.31. The summed E-state index contributed by atoms with van der Waals surface area (Å²) in [7, 11) is 2.20. The van der Waals surface area contributed by atoms with Crippen LogP contribution in [0.3, 0.4) is 0 Å². The number of fused-ring (bicyclic) bond motifs is 1. The Hall–Kier alpha value is -1.76. The molecule has 0 spiro atoms. The van der Waals surface area contributed by atoms with Gasteiger partial charge in [0.15, 0.2) is 0 Å². The minimum absolute atomic E-state index is 0.148. The molecule has 1 nitrogen and oxygen atoms in total. The Bertz CT molecular complexity index is 602. The lowest BCUT2D eigenvalue weighted by Crippen LogP contribution is -2.20. The van der Waals surface area contributed by atoms with Crippen molar-refractivity contribution in [3.8, 4) is 0 Å². The molecule has 0 bridgehead atoms. The summed E-state index contributed by atoms with van der Waals surface area (Å²) in [5.41, 5.74) is 5.94. The number of rotatable bonds is 0. The van der Waals surface area contributed by atoms with Gasteiger partial charge in [0.2, 0.25) is 0 Å². The van der Waals surface area contributed by atoms with Crippen LogP contribution in [0.5, 0.6) is 0 Å². The highest BCUT2D eigenvalue weighted by Gasteiger charge is 2.19. The minimum atomic E-state index is 0.148. The highest BCUT2D eigenvalue weighted by Crippen LogP contribution is 2.31. The second kappa shape index (κ2) is 4.97. The van der Waals surface area contributed by atoms with E-state index in [-0.39, 0.29) is 5.41 Å². The summed E-state index contributed by atoms with van der Waals surface area (Å²) in [4.78, 5) is 2.38. The maximum absolute atomic E-state index is 2.38. The zero-order chi connectivity index (χ0) is 14.2. The van der Waals surface area contributed by atoms with Crippen LogP contribution in [0, 0.1) is 5.41 Å². The molecule has 3 rings (SSSR count). The van der Waals surface area contributed by atoms with Crippen LogP contribution in [0.4, 0.5) is 0 Å². The van der Waals surface area contributed by atoms with E-state index in [1.165, 1.54) is 22.4 Å². The number of allylic oxidation sites excluding steroid dienone is 5. The van der Waals surface area contributed by atoms with Crippen molar-refractivity contribution in [3.05, 3.63) is 71.0 Å². The Morgan fingerprint density at radius 3 is 2.45 bits per heavy atom. The van der Waals surface area contributed by atoms with E-state index in [2.05, 4.69) is 74.4 Å². The third-order valence-corrected chi connectivity index (χ3v) is 4.31. The maximum atomic E-state index is 2.38. The standard InChI is InChI=1S/C19H23N/c1-19(2)12-10-16-9-8-15-6-4-5-7-17(15)14-20(3)18(16)11-13-19/h4-7,10-13H,8-9,14H2,1-3H3. The lowest BCUT2D eigenvalue weighted by atomic mass is 9.92. The number of benzene rings is 1. The Balaban J connectivity index is 2.00. The van der Waals surface area contributed by atoms with Gasteiger partial charge >= 0.3 is 0 Å². The molecule has 1 aromatic rings. The van der Waals surface area contributed by atoms with Crippen molar-refractivity contribution < 1.29 is 0 Å². The van der Waals surface area contributed by atoms with Crippen molar-refractivity contribution >= 4 is 0 Å². The van der Waals surface area contributed by atoms with Crippen molar-refractivity contribution in [1.82, 2.24) is 4.90 Å². The number of likely N-dealkylation sites (N-methyl/N-ethyl adjacent to an activating group) is 1. The van der Waals surface area contributed by atoms with Crippen LogP contribution in [-0.4, -0.2) is 11.9 Å². The van der Waals surface area contributed by atoms with Gasteiger partial charge in [-0.2, -0.15) is 0 Å². The fourth-order valence-corrected chi connectivity index (χ4v) is 3.01.